The van der Waals surface area contributed by atoms with Crippen LogP contribution < -0.4 is 0 Å². The van der Waals surface area contributed by atoms with Gasteiger partial charge in [0.2, 0.25) is 0 Å². The Balaban J connectivity index is 2.67. The Hall–Kier alpha value is -2.05. The first-order chi connectivity index (χ1) is 7.89. The van der Waals surface area contributed by atoms with Gasteiger partial charge < -0.3 is 5.11 Å². The molecule has 0 aliphatic rings. The summed E-state index contributed by atoms with van der Waals surface area (Å²) in [6.07, 6.45) is -4.59. The van der Waals surface area contributed by atoms with Gasteiger partial charge in [-0.1, -0.05) is 18.2 Å². The summed E-state index contributed by atoms with van der Waals surface area (Å²) >= 11 is 0. The van der Waals surface area contributed by atoms with E-state index in [0.29, 0.717) is 0 Å². The molecule has 0 atom stereocenters. The number of aliphatic carboxylic acids is 1. The van der Waals surface area contributed by atoms with Crippen molar-refractivity contribution < 1.29 is 23.1 Å². The van der Waals surface area contributed by atoms with Crippen molar-refractivity contribution in [2.45, 2.75) is 12.7 Å². The maximum absolute atomic E-state index is 12.6. The monoisotopic (exact) mass is 244 g/mol. The Morgan fingerprint density at radius 1 is 1.35 bits per heavy atom. The fraction of sp³-hybridized carbons (Fsp3) is 0.200. The molecule has 2 rings (SSSR count). The highest BCUT2D eigenvalue weighted by Gasteiger charge is 2.36. The second-order valence-electron chi connectivity index (χ2n) is 3.41. The minimum atomic E-state index is -4.59. The number of rotatable bonds is 2. The van der Waals surface area contributed by atoms with Crippen LogP contribution in [-0.2, 0) is 17.5 Å². The predicted octanol–water partition coefficient (Wildman–Crippen LogP) is 2.14. The van der Waals surface area contributed by atoms with Crippen LogP contribution in [0.2, 0.25) is 0 Å². The lowest BCUT2D eigenvalue weighted by Gasteiger charge is -2.01. The van der Waals surface area contributed by atoms with E-state index in [-0.39, 0.29) is 10.9 Å². The van der Waals surface area contributed by atoms with E-state index >= 15 is 0 Å². The number of hydrogen-bond donors (Lipinski definition) is 1. The van der Waals surface area contributed by atoms with Gasteiger partial charge in [0, 0.05) is 5.39 Å². The van der Waals surface area contributed by atoms with E-state index in [2.05, 4.69) is 5.10 Å². The van der Waals surface area contributed by atoms with Crippen LogP contribution in [0, 0.1) is 0 Å². The smallest absolute Gasteiger partial charge is 0.435 e. The average Bonchev–Trinajstić information content (AvgIpc) is 2.56. The quantitative estimate of drug-likeness (QED) is 0.880. The van der Waals surface area contributed by atoms with Gasteiger partial charge in [0.15, 0.2) is 5.69 Å². The first-order valence-corrected chi connectivity index (χ1v) is 4.64. The molecule has 0 unspecified atom stereocenters. The van der Waals surface area contributed by atoms with Gasteiger partial charge in [0.05, 0.1) is 5.52 Å². The number of aromatic nitrogens is 2. The Morgan fingerprint density at radius 3 is 2.59 bits per heavy atom. The number of alkyl halides is 3. The lowest BCUT2D eigenvalue weighted by Crippen LogP contribution is -2.12. The van der Waals surface area contributed by atoms with Gasteiger partial charge in [0.1, 0.15) is 6.54 Å². The highest BCUT2D eigenvalue weighted by atomic mass is 19.4. The molecule has 1 N–H and O–H groups in total. The van der Waals surface area contributed by atoms with Crippen molar-refractivity contribution in [1.29, 1.82) is 0 Å². The summed E-state index contributed by atoms with van der Waals surface area (Å²) in [5.74, 6) is -1.24. The van der Waals surface area contributed by atoms with E-state index in [9.17, 15) is 18.0 Å². The molecule has 0 amide bonds. The molecule has 2 aromatic rings. The first kappa shape index (κ1) is 11.4. The van der Waals surface area contributed by atoms with E-state index in [4.69, 9.17) is 5.11 Å². The van der Waals surface area contributed by atoms with Gasteiger partial charge in [-0.3, -0.25) is 9.48 Å². The summed E-state index contributed by atoms with van der Waals surface area (Å²) < 4.78 is 38.8. The molecule has 0 aliphatic carbocycles. The Bertz CT molecular complexity index is 574. The summed E-state index contributed by atoms with van der Waals surface area (Å²) in [6.45, 7) is -0.601. The lowest BCUT2D eigenvalue weighted by atomic mass is 10.2. The maximum Gasteiger partial charge on any atom is 0.435 e. The van der Waals surface area contributed by atoms with Crippen LogP contribution in [0.5, 0.6) is 0 Å². The zero-order chi connectivity index (χ0) is 12.6. The molecule has 0 aliphatic heterocycles. The summed E-state index contributed by atoms with van der Waals surface area (Å²) in [4.78, 5) is 10.5. The van der Waals surface area contributed by atoms with E-state index < -0.39 is 24.4 Å². The molecule has 0 radical (unpaired) electrons. The molecule has 4 nitrogen and oxygen atoms in total. The number of carboxylic acid groups (broad SMARTS) is 1. The number of carboxylic acids is 1. The molecular formula is C10H7F3N2O2. The molecule has 0 spiro atoms. The van der Waals surface area contributed by atoms with Crippen LogP contribution >= 0.6 is 0 Å². The number of para-hydroxylation sites is 1. The number of carbonyl (C=O) groups is 1. The topological polar surface area (TPSA) is 55.1 Å². The van der Waals surface area contributed by atoms with Crippen LogP contribution in [0.3, 0.4) is 0 Å². The molecule has 1 aromatic heterocycles. The van der Waals surface area contributed by atoms with Gasteiger partial charge in [-0.15, -0.1) is 0 Å². The number of halogens is 3. The fourth-order valence-corrected chi connectivity index (χ4v) is 1.59. The van der Waals surface area contributed by atoms with E-state index in [1.807, 2.05) is 0 Å². The molecule has 0 bridgehead atoms. The van der Waals surface area contributed by atoms with Gasteiger partial charge in [-0.25, -0.2) is 0 Å². The lowest BCUT2D eigenvalue weighted by molar-refractivity contribution is -0.142. The zero-order valence-electron chi connectivity index (χ0n) is 8.40. The van der Waals surface area contributed by atoms with Gasteiger partial charge in [-0.2, -0.15) is 18.3 Å². The van der Waals surface area contributed by atoms with Crippen molar-refractivity contribution in [1.82, 2.24) is 9.78 Å². The van der Waals surface area contributed by atoms with Crippen LogP contribution in [0.25, 0.3) is 10.9 Å². The van der Waals surface area contributed by atoms with Crippen molar-refractivity contribution in [3.05, 3.63) is 30.0 Å². The van der Waals surface area contributed by atoms with E-state index in [1.165, 1.54) is 24.3 Å². The number of hydrogen-bond acceptors (Lipinski definition) is 2. The first-order valence-electron chi connectivity index (χ1n) is 4.64. The molecule has 7 heteroatoms. The predicted molar refractivity (Wildman–Crippen MR) is 52.4 cm³/mol. The fourth-order valence-electron chi connectivity index (χ4n) is 1.59. The van der Waals surface area contributed by atoms with Crippen LogP contribution in [-0.4, -0.2) is 20.9 Å². The third kappa shape index (κ3) is 2.08. The van der Waals surface area contributed by atoms with Crippen LogP contribution in [0.4, 0.5) is 13.2 Å². The van der Waals surface area contributed by atoms with Gasteiger partial charge in [0.25, 0.3) is 0 Å². The standard InChI is InChI=1S/C10H7F3N2O2/c11-10(12,13)9-6-3-1-2-4-7(6)15(14-9)5-8(16)17/h1-4H,5H2,(H,16,17). The van der Waals surface area contributed by atoms with Crippen molar-refractivity contribution in [2.24, 2.45) is 0 Å². The summed E-state index contributed by atoms with van der Waals surface area (Å²) in [7, 11) is 0. The molecule has 1 heterocycles. The molecule has 17 heavy (non-hydrogen) atoms. The normalized spacial score (nSPS) is 11.9. The highest BCUT2D eigenvalue weighted by molar-refractivity contribution is 5.83. The average molecular weight is 244 g/mol. The van der Waals surface area contributed by atoms with Gasteiger partial charge in [-0.05, 0) is 6.07 Å². The number of nitrogens with zero attached hydrogens (tertiary/aromatic N) is 2. The second kappa shape index (κ2) is 3.76. The zero-order valence-corrected chi connectivity index (χ0v) is 8.40. The Labute approximate surface area is 93.3 Å². The third-order valence-corrected chi connectivity index (χ3v) is 2.21. The van der Waals surface area contributed by atoms with Crippen molar-refractivity contribution >= 4 is 16.9 Å². The minimum Gasteiger partial charge on any atom is -0.480 e. The largest absolute Gasteiger partial charge is 0.480 e. The van der Waals surface area contributed by atoms with E-state index in [1.54, 1.807) is 0 Å². The Kier molecular flexibility index (Phi) is 2.53. The van der Waals surface area contributed by atoms with Crippen molar-refractivity contribution in [2.75, 3.05) is 0 Å². The van der Waals surface area contributed by atoms with Crippen molar-refractivity contribution in [3.63, 3.8) is 0 Å². The summed E-state index contributed by atoms with van der Waals surface area (Å²) in [5, 5.41) is 11.8. The van der Waals surface area contributed by atoms with Crippen LogP contribution in [0.15, 0.2) is 24.3 Å². The third-order valence-electron chi connectivity index (χ3n) is 2.21. The number of benzene rings is 1. The van der Waals surface area contributed by atoms with Crippen LogP contribution in [0.1, 0.15) is 5.69 Å². The molecule has 0 saturated heterocycles. The summed E-state index contributed by atoms with van der Waals surface area (Å²) in [5.41, 5.74) is -0.906. The highest BCUT2D eigenvalue weighted by Crippen LogP contribution is 2.33. The van der Waals surface area contributed by atoms with E-state index in [0.717, 1.165) is 4.68 Å². The molecular weight excluding hydrogens is 237 g/mol. The molecule has 90 valence electrons. The Morgan fingerprint density at radius 2 is 2.00 bits per heavy atom. The second-order valence-corrected chi connectivity index (χ2v) is 3.41. The summed E-state index contributed by atoms with van der Waals surface area (Å²) in [6, 6.07) is 5.65. The van der Waals surface area contributed by atoms with Gasteiger partial charge >= 0.3 is 12.1 Å². The molecule has 0 saturated carbocycles. The molecule has 1 aromatic carbocycles. The van der Waals surface area contributed by atoms with Crippen molar-refractivity contribution in [3.8, 4) is 0 Å². The molecule has 0 fully saturated rings. The SMILES string of the molecule is O=C(O)Cn1nc(C(F)(F)F)c2ccccc21. The minimum absolute atomic E-state index is 0.0961. The number of fused-ring (bicyclic) bond motifs is 1. The maximum atomic E-state index is 12.6.